The van der Waals surface area contributed by atoms with E-state index in [-0.39, 0.29) is 17.5 Å². The Morgan fingerprint density at radius 2 is 2.17 bits per heavy atom. The molecule has 1 heterocycles. The van der Waals surface area contributed by atoms with Crippen LogP contribution in [0.25, 0.3) is 0 Å². The molecule has 5 heteroatoms. The molecule has 2 aromatic rings. The van der Waals surface area contributed by atoms with Crippen molar-refractivity contribution in [1.82, 2.24) is 10.3 Å². The average Bonchev–Trinajstić information content (AvgIpc) is 2.75. The van der Waals surface area contributed by atoms with Crippen LogP contribution in [0.5, 0.6) is 11.5 Å². The maximum atomic E-state index is 9.74. The van der Waals surface area contributed by atoms with Crippen molar-refractivity contribution < 1.29 is 10.2 Å². The van der Waals surface area contributed by atoms with E-state index >= 15 is 0 Å². The Morgan fingerprint density at radius 3 is 2.83 bits per heavy atom. The smallest absolute Gasteiger partial charge is 0.120 e. The summed E-state index contributed by atoms with van der Waals surface area (Å²) in [6.07, 6.45) is 1.85. The maximum absolute atomic E-state index is 9.74. The first-order valence-corrected chi connectivity index (χ1v) is 6.54. The van der Waals surface area contributed by atoms with E-state index in [0.29, 0.717) is 12.1 Å². The first-order valence-electron chi connectivity index (χ1n) is 5.73. The summed E-state index contributed by atoms with van der Waals surface area (Å²) in [5.41, 5.74) is 0.684. The molecule has 3 N–H and O–H groups in total. The third-order valence-electron chi connectivity index (χ3n) is 2.71. The highest BCUT2D eigenvalue weighted by Gasteiger charge is 2.11. The largest absolute Gasteiger partial charge is 0.508 e. The predicted molar refractivity (Wildman–Crippen MR) is 71.9 cm³/mol. The molecule has 1 aromatic heterocycles. The number of benzene rings is 1. The molecule has 1 unspecified atom stereocenters. The van der Waals surface area contributed by atoms with Crippen molar-refractivity contribution in [2.24, 2.45) is 0 Å². The van der Waals surface area contributed by atoms with Gasteiger partial charge in [0, 0.05) is 29.2 Å². The Labute approximate surface area is 110 Å². The number of hydrogen-bond donors (Lipinski definition) is 3. The molecular weight excluding hydrogens is 248 g/mol. The topological polar surface area (TPSA) is 65.4 Å². The van der Waals surface area contributed by atoms with Crippen LogP contribution in [-0.4, -0.2) is 15.2 Å². The molecule has 0 aliphatic rings. The second-order valence-electron chi connectivity index (χ2n) is 4.21. The first kappa shape index (κ1) is 12.9. The molecule has 0 aliphatic heterocycles. The molecule has 0 amide bonds. The Morgan fingerprint density at radius 1 is 1.39 bits per heavy atom. The Bertz CT molecular complexity index is 540. The number of aromatic hydroxyl groups is 2. The van der Waals surface area contributed by atoms with Gasteiger partial charge in [-0.3, -0.25) is 0 Å². The summed E-state index contributed by atoms with van der Waals surface area (Å²) >= 11 is 1.65. The van der Waals surface area contributed by atoms with E-state index in [0.717, 1.165) is 5.01 Å². The number of phenolic OH excluding ortho intramolecular Hbond substituents is 2. The molecule has 96 valence electrons. The van der Waals surface area contributed by atoms with E-state index < -0.39 is 0 Å². The molecule has 0 bridgehead atoms. The number of aromatic nitrogens is 1. The van der Waals surface area contributed by atoms with Gasteiger partial charge in [0.25, 0.3) is 0 Å². The third kappa shape index (κ3) is 3.00. The minimum absolute atomic E-state index is 0.0543. The lowest BCUT2D eigenvalue weighted by Gasteiger charge is -2.15. The standard InChI is InChI=1S/C13H16N2O2S/c1-8-6-15-13(18-8)7-14-9(2)11-5-10(16)3-4-12(11)17/h3-6,9,14,16-17H,7H2,1-2H3. The fourth-order valence-corrected chi connectivity index (χ4v) is 2.46. The number of hydrogen-bond acceptors (Lipinski definition) is 5. The lowest BCUT2D eigenvalue weighted by Crippen LogP contribution is -2.18. The van der Waals surface area contributed by atoms with Gasteiger partial charge in [0.1, 0.15) is 16.5 Å². The van der Waals surface area contributed by atoms with Crippen molar-refractivity contribution in [2.45, 2.75) is 26.4 Å². The van der Waals surface area contributed by atoms with Crippen LogP contribution in [0.2, 0.25) is 0 Å². The van der Waals surface area contributed by atoms with Gasteiger partial charge in [-0.2, -0.15) is 0 Å². The fourth-order valence-electron chi connectivity index (χ4n) is 1.72. The first-order chi connectivity index (χ1) is 8.56. The molecule has 0 spiro atoms. The Balaban J connectivity index is 2.03. The number of nitrogens with one attached hydrogen (secondary N) is 1. The fraction of sp³-hybridized carbons (Fsp3) is 0.308. The van der Waals surface area contributed by atoms with Crippen LogP contribution < -0.4 is 5.32 Å². The van der Waals surface area contributed by atoms with Gasteiger partial charge in [0.05, 0.1) is 0 Å². The molecule has 2 rings (SSSR count). The van der Waals surface area contributed by atoms with Gasteiger partial charge in [0.15, 0.2) is 0 Å². The minimum Gasteiger partial charge on any atom is -0.508 e. The van der Waals surface area contributed by atoms with Gasteiger partial charge in [-0.15, -0.1) is 11.3 Å². The van der Waals surface area contributed by atoms with E-state index in [9.17, 15) is 10.2 Å². The summed E-state index contributed by atoms with van der Waals surface area (Å²) in [4.78, 5) is 5.45. The van der Waals surface area contributed by atoms with E-state index in [1.54, 1.807) is 17.4 Å². The molecule has 18 heavy (non-hydrogen) atoms. The van der Waals surface area contributed by atoms with Crippen molar-refractivity contribution in [3.8, 4) is 11.5 Å². The van der Waals surface area contributed by atoms with E-state index in [1.165, 1.54) is 17.0 Å². The molecule has 1 atom stereocenters. The summed E-state index contributed by atoms with van der Waals surface area (Å²) in [6.45, 7) is 4.61. The number of nitrogens with zero attached hydrogens (tertiary/aromatic N) is 1. The van der Waals surface area contributed by atoms with Gasteiger partial charge >= 0.3 is 0 Å². The van der Waals surface area contributed by atoms with E-state index in [1.807, 2.05) is 20.0 Å². The Hall–Kier alpha value is -1.59. The molecule has 0 saturated heterocycles. The number of thiazole rings is 1. The van der Waals surface area contributed by atoms with Gasteiger partial charge in [-0.25, -0.2) is 4.98 Å². The second-order valence-corrected chi connectivity index (χ2v) is 5.53. The van der Waals surface area contributed by atoms with Crippen molar-refractivity contribution in [3.63, 3.8) is 0 Å². The molecule has 1 aromatic carbocycles. The zero-order chi connectivity index (χ0) is 13.1. The van der Waals surface area contributed by atoms with Crippen molar-refractivity contribution >= 4 is 11.3 Å². The monoisotopic (exact) mass is 264 g/mol. The summed E-state index contributed by atoms with van der Waals surface area (Å²) < 4.78 is 0. The molecule has 0 aliphatic carbocycles. The molecule has 0 saturated carbocycles. The van der Waals surface area contributed by atoms with Crippen LogP contribution in [0.1, 0.15) is 28.4 Å². The molecule has 0 radical (unpaired) electrons. The second kappa shape index (κ2) is 5.37. The lowest BCUT2D eigenvalue weighted by atomic mass is 10.1. The lowest BCUT2D eigenvalue weighted by molar-refractivity contribution is 0.440. The SMILES string of the molecule is Cc1cnc(CNC(C)c2cc(O)ccc2O)s1. The van der Waals surface area contributed by atoms with Crippen molar-refractivity contribution in [3.05, 3.63) is 39.8 Å². The summed E-state index contributed by atoms with van der Waals surface area (Å²) in [7, 11) is 0. The summed E-state index contributed by atoms with van der Waals surface area (Å²) in [5.74, 6) is 0.338. The van der Waals surface area contributed by atoms with E-state index in [2.05, 4.69) is 10.3 Å². The molecule has 4 nitrogen and oxygen atoms in total. The number of aryl methyl sites for hydroxylation is 1. The van der Waals surface area contributed by atoms with Gasteiger partial charge in [-0.1, -0.05) is 0 Å². The highest BCUT2D eigenvalue weighted by molar-refractivity contribution is 7.11. The zero-order valence-corrected chi connectivity index (χ0v) is 11.2. The van der Waals surface area contributed by atoms with Gasteiger partial charge < -0.3 is 15.5 Å². The molecule has 0 fully saturated rings. The highest BCUT2D eigenvalue weighted by atomic mass is 32.1. The highest BCUT2D eigenvalue weighted by Crippen LogP contribution is 2.28. The third-order valence-corrected chi connectivity index (χ3v) is 3.62. The van der Waals surface area contributed by atoms with Crippen LogP contribution in [0, 0.1) is 6.92 Å². The predicted octanol–water partition coefficient (Wildman–Crippen LogP) is 2.71. The Kier molecular flexibility index (Phi) is 3.84. The van der Waals surface area contributed by atoms with Crippen molar-refractivity contribution in [1.29, 1.82) is 0 Å². The maximum Gasteiger partial charge on any atom is 0.120 e. The van der Waals surface area contributed by atoms with E-state index in [4.69, 9.17) is 0 Å². The van der Waals surface area contributed by atoms with Crippen LogP contribution in [-0.2, 0) is 6.54 Å². The van der Waals surface area contributed by atoms with Crippen molar-refractivity contribution in [2.75, 3.05) is 0 Å². The van der Waals surface area contributed by atoms with Crippen LogP contribution in [0.4, 0.5) is 0 Å². The van der Waals surface area contributed by atoms with Crippen LogP contribution in [0.3, 0.4) is 0 Å². The van der Waals surface area contributed by atoms with Crippen LogP contribution in [0.15, 0.2) is 24.4 Å². The van der Waals surface area contributed by atoms with Gasteiger partial charge in [-0.05, 0) is 32.0 Å². The minimum atomic E-state index is -0.0543. The quantitative estimate of drug-likeness (QED) is 0.743. The number of phenols is 2. The number of rotatable bonds is 4. The zero-order valence-electron chi connectivity index (χ0n) is 10.3. The van der Waals surface area contributed by atoms with Gasteiger partial charge in [0.2, 0.25) is 0 Å². The average molecular weight is 264 g/mol. The van der Waals surface area contributed by atoms with Crippen LogP contribution >= 0.6 is 11.3 Å². The normalized spacial score (nSPS) is 12.6. The molecular formula is C13H16N2O2S. The summed E-state index contributed by atoms with van der Waals surface area (Å²) in [5, 5.41) is 23.5. The summed E-state index contributed by atoms with van der Waals surface area (Å²) in [6, 6.07) is 4.48.